The molecule has 0 aliphatic heterocycles. The van der Waals surface area contributed by atoms with Crippen LogP contribution in [0, 0.1) is 17.0 Å². The van der Waals surface area contributed by atoms with Crippen LogP contribution in [0.4, 0.5) is 11.4 Å². The number of phenolic OH excluding ortho intramolecular Hbond substituents is 1. The maximum absolute atomic E-state index is 10.8. The average Bonchev–Trinajstić information content (AvgIpc) is 3.05. The molecule has 0 unspecified atom stereocenters. The molecule has 3 rings (SSSR count). The van der Waals surface area contributed by atoms with Gasteiger partial charge >= 0.3 is 0 Å². The summed E-state index contributed by atoms with van der Waals surface area (Å²) in [5, 5.41) is 20.6. The number of nitro benzene ring substituents is 1. The van der Waals surface area contributed by atoms with Crippen LogP contribution in [0.15, 0.2) is 64.0 Å². The van der Waals surface area contributed by atoms with Gasteiger partial charge in [0.25, 0.3) is 5.69 Å². The highest BCUT2D eigenvalue weighted by Gasteiger charge is 2.09. The Labute approximate surface area is 137 Å². The van der Waals surface area contributed by atoms with Crippen LogP contribution in [-0.4, -0.2) is 16.2 Å². The van der Waals surface area contributed by atoms with Crippen LogP contribution in [0.5, 0.6) is 5.75 Å². The van der Waals surface area contributed by atoms with Crippen molar-refractivity contribution in [2.45, 2.75) is 6.92 Å². The summed E-state index contributed by atoms with van der Waals surface area (Å²) in [6.07, 6.45) is 1.50. The molecule has 6 nitrogen and oxygen atoms in total. The standard InChI is InChI=1S/C18H14N2O4/c1-12-5-7-17(21)16(9-12)19-11-15-6-8-18(24-15)13-3-2-4-14(10-13)20(22)23/h2-11,21H,1H3. The zero-order chi connectivity index (χ0) is 17.1. The molecule has 0 fully saturated rings. The van der Waals surface area contributed by atoms with E-state index in [0.29, 0.717) is 22.8 Å². The Morgan fingerprint density at radius 2 is 2.00 bits per heavy atom. The van der Waals surface area contributed by atoms with E-state index in [2.05, 4.69) is 4.99 Å². The molecular weight excluding hydrogens is 308 g/mol. The normalized spacial score (nSPS) is 11.0. The third kappa shape index (κ3) is 3.33. The molecule has 2 aromatic carbocycles. The summed E-state index contributed by atoms with van der Waals surface area (Å²) in [4.78, 5) is 14.6. The Morgan fingerprint density at radius 3 is 2.79 bits per heavy atom. The molecule has 0 aliphatic rings. The molecule has 0 bridgehead atoms. The predicted molar refractivity (Wildman–Crippen MR) is 90.9 cm³/mol. The Hall–Kier alpha value is -3.41. The van der Waals surface area contributed by atoms with E-state index < -0.39 is 4.92 Å². The number of rotatable bonds is 4. The van der Waals surface area contributed by atoms with Gasteiger partial charge in [0.1, 0.15) is 23.0 Å². The van der Waals surface area contributed by atoms with Gasteiger partial charge in [0.05, 0.1) is 11.1 Å². The number of nitro groups is 1. The first-order chi connectivity index (χ1) is 11.5. The summed E-state index contributed by atoms with van der Waals surface area (Å²) >= 11 is 0. The predicted octanol–water partition coefficient (Wildman–Crippen LogP) is 4.62. The highest BCUT2D eigenvalue weighted by atomic mass is 16.6. The molecule has 1 aromatic heterocycles. The van der Waals surface area contributed by atoms with Crippen molar-refractivity contribution in [3.63, 3.8) is 0 Å². The number of hydrogen-bond acceptors (Lipinski definition) is 5. The van der Waals surface area contributed by atoms with Crippen LogP contribution >= 0.6 is 0 Å². The maximum atomic E-state index is 10.8. The number of nitrogens with zero attached hydrogens (tertiary/aromatic N) is 2. The molecule has 0 spiro atoms. The van der Waals surface area contributed by atoms with Gasteiger partial charge in [-0.25, -0.2) is 4.99 Å². The van der Waals surface area contributed by atoms with Gasteiger partial charge in [0.2, 0.25) is 0 Å². The molecule has 3 aromatic rings. The van der Waals surface area contributed by atoms with Crippen LogP contribution in [0.2, 0.25) is 0 Å². The fraction of sp³-hybridized carbons (Fsp3) is 0.0556. The lowest BCUT2D eigenvalue weighted by Crippen LogP contribution is -1.87. The summed E-state index contributed by atoms with van der Waals surface area (Å²) in [6.45, 7) is 1.91. The minimum Gasteiger partial charge on any atom is -0.506 e. The summed E-state index contributed by atoms with van der Waals surface area (Å²) in [7, 11) is 0. The first-order valence-electron chi connectivity index (χ1n) is 7.21. The fourth-order valence-electron chi connectivity index (χ4n) is 2.22. The smallest absolute Gasteiger partial charge is 0.270 e. The number of furan rings is 1. The van der Waals surface area contributed by atoms with Crippen LogP contribution in [0.25, 0.3) is 11.3 Å². The first kappa shape index (κ1) is 15.5. The Morgan fingerprint density at radius 1 is 1.17 bits per heavy atom. The quantitative estimate of drug-likeness (QED) is 0.431. The van der Waals surface area contributed by atoms with Crippen LogP contribution in [0.3, 0.4) is 0 Å². The molecule has 0 radical (unpaired) electrons. The van der Waals surface area contributed by atoms with Gasteiger partial charge < -0.3 is 9.52 Å². The SMILES string of the molecule is Cc1ccc(O)c(N=Cc2ccc(-c3cccc([N+](=O)[O-])c3)o2)c1. The third-order valence-corrected chi connectivity index (χ3v) is 3.43. The van der Waals surface area contributed by atoms with Crippen LogP contribution in [0.1, 0.15) is 11.3 Å². The number of aliphatic imine (C=N–C) groups is 1. The molecule has 0 amide bonds. The minimum absolute atomic E-state index is 0.00352. The highest BCUT2D eigenvalue weighted by Crippen LogP contribution is 2.28. The molecule has 0 saturated heterocycles. The van der Waals surface area contributed by atoms with E-state index in [4.69, 9.17) is 4.42 Å². The number of hydrogen-bond donors (Lipinski definition) is 1. The molecule has 0 saturated carbocycles. The topological polar surface area (TPSA) is 88.9 Å². The zero-order valence-corrected chi connectivity index (χ0v) is 12.8. The number of non-ortho nitro benzene ring substituents is 1. The minimum atomic E-state index is -0.449. The van der Waals surface area contributed by atoms with E-state index in [-0.39, 0.29) is 11.4 Å². The van der Waals surface area contributed by atoms with Gasteiger partial charge in [-0.05, 0) is 36.8 Å². The second-order valence-electron chi connectivity index (χ2n) is 5.26. The van der Waals surface area contributed by atoms with Crippen molar-refractivity contribution in [1.29, 1.82) is 0 Å². The second kappa shape index (κ2) is 6.37. The maximum Gasteiger partial charge on any atom is 0.270 e. The zero-order valence-electron chi connectivity index (χ0n) is 12.8. The summed E-state index contributed by atoms with van der Waals surface area (Å²) < 4.78 is 5.64. The van der Waals surface area contributed by atoms with E-state index in [1.54, 1.807) is 42.5 Å². The lowest BCUT2D eigenvalue weighted by molar-refractivity contribution is -0.384. The summed E-state index contributed by atoms with van der Waals surface area (Å²) in [5.74, 6) is 1.08. The number of aryl methyl sites for hydroxylation is 1. The monoisotopic (exact) mass is 322 g/mol. The lowest BCUT2D eigenvalue weighted by Gasteiger charge is -1.99. The molecule has 1 N–H and O–H groups in total. The summed E-state index contributed by atoms with van der Waals surface area (Å²) in [5.41, 5.74) is 2.05. The average molecular weight is 322 g/mol. The van der Waals surface area contributed by atoms with Gasteiger partial charge in [-0.1, -0.05) is 18.2 Å². The van der Waals surface area contributed by atoms with E-state index in [1.807, 2.05) is 6.92 Å². The van der Waals surface area contributed by atoms with E-state index >= 15 is 0 Å². The van der Waals surface area contributed by atoms with Crippen LogP contribution < -0.4 is 0 Å². The number of aromatic hydroxyl groups is 1. The van der Waals surface area contributed by atoms with Crippen molar-refractivity contribution in [3.05, 3.63) is 76.0 Å². The second-order valence-corrected chi connectivity index (χ2v) is 5.26. The third-order valence-electron chi connectivity index (χ3n) is 3.43. The molecule has 0 atom stereocenters. The van der Waals surface area contributed by atoms with Gasteiger partial charge in [-0.2, -0.15) is 0 Å². The Balaban J connectivity index is 1.86. The number of benzene rings is 2. The number of phenols is 1. The Bertz CT molecular complexity index is 928. The van der Waals surface area contributed by atoms with Gasteiger partial charge in [-0.15, -0.1) is 0 Å². The highest BCUT2D eigenvalue weighted by molar-refractivity contribution is 5.81. The van der Waals surface area contributed by atoms with Crippen molar-refractivity contribution in [2.75, 3.05) is 0 Å². The molecular formula is C18H14N2O4. The fourth-order valence-corrected chi connectivity index (χ4v) is 2.22. The van der Waals surface area contributed by atoms with Crippen molar-refractivity contribution in [3.8, 4) is 17.1 Å². The molecule has 0 aliphatic carbocycles. The largest absolute Gasteiger partial charge is 0.506 e. The Kier molecular flexibility index (Phi) is 4.11. The molecule has 120 valence electrons. The van der Waals surface area contributed by atoms with Crippen molar-refractivity contribution >= 4 is 17.6 Å². The van der Waals surface area contributed by atoms with Gasteiger partial charge in [0.15, 0.2) is 0 Å². The lowest BCUT2D eigenvalue weighted by atomic mass is 10.1. The molecule has 24 heavy (non-hydrogen) atoms. The van der Waals surface area contributed by atoms with E-state index in [1.165, 1.54) is 18.3 Å². The molecule has 6 heteroatoms. The van der Waals surface area contributed by atoms with E-state index in [0.717, 1.165) is 5.56 Å². The van der Waals surface area contributed by atoms with Gasteiger partial charge in [-0.3, -0.25) is 10.1 Å². The van der Waals surface area contributed by atoms with Crippen molar-refractivity contribution in [1.82, 2.24) is 0 Å². The molecule has 1 heterocycles. The van der Waals surface area contributed by atoms with E-state index in [9.17, 15) is 15.2 Å². The van der Waals surface area contributed by atoms with Crippen molar-refractivity contribution < 1.29 is 14.4 Å². The van der Waals surface area contributed by atoms with Gasteiger partial charge in [0, 0.05) is 17.7 Å². The van der Waals surface area contributed by atoms with Crippen LogP contribution in [-0.2, 0) is 0 Å². The van der Waals surface area contributed by atoms with Crippen molar-refractivity contribution in [2.24, 2.45) is 4.99 Å². The first-order valence-corrected chi connectivity index (χ1v) is 7.21. The summed E-state index contributed by atoms with van der Waals surface area (Å²) in [6, 6.07) is 14.8.